The number of amides is 1. The van der Waals surface area contributed by atoms with Gasteiger partial charge in [0.05, 0.1) is 11.9 Å². The van der Waals surface area contributed by atoms with Gasteiger partial charge in [-0.25, -0.2) is 8.42 Å². The predicted molar refractivity (Wildman–Crippen MR) is 97.7 cm³/mol. The van der Waals surface area contributed by atoms with E-state index in [1.54, 1.807) is 6.07 Å². The van der Waals surface area contributed by atoms with Gasteiger partial charge in [-0.05, 0) is 51.2 Å². The molecule has 1 amide bonds. The largest absolute Gasteiger partial charge is 0.351 e. The number of rotatable bonds is 6. The average Bonchev–Trinajstić information content (AvgIpc) is 2.51. The van der Waals surface area contributed by atoms with Crippen molar-refractivity contribution in [2.75, 3.05) is 23.7 Å². The molecule has 0 saturated carbocycles. The van der Waals surface area contributed by atoms with E-state index in [0.717, 1.165) is 36.6 Å². The van der Waals surface area contributed by atoms with Gasteiger partial charge in [0.15, 0.2) is 0 Å². The lowest BCUT2D eigenvalue weighted by Gasteiger charge is -2.24. The van der Waals surface area contributed by atoms with E-state index in [1.807, 2.05) is 26.0 Å². The van der Waals surface area contributed by atoms with Crippen molar-refractivity contribution in [3.8, 4) is 0 Å². The van der Waals surface area contributed by atoms with Gasteiger partial charge in [-0.1, -0.05) is 29.3 Å². The molecule has 0 unspecified atom stereocenters. The summed E-state index contributed by atoms with van der Waals surface area (Å²) in [5, 5.41) is 2.84. The van der Waals surface area contributed by atoms with E-state index in [2.05, 4.69) is 11.4 Å². The number of sulfonamides is 1. The van der Waals surface area contributed by atoms with E-state index in [0.29, 0.717) is 12.2 Å². The smallest absolute Gasteiger partial charge is 0.241 e. The second-order valence-corrected chi connectivity index (χ2v) is 8.35. The fourth-order valence-corrected chi connectivity index (χ4v) is 3.84. The van der Waals surface area contributed by atoms with E-state index in [9.17, 15) is 13.2 Å². The van der Waals surface area contributed by atoms with Gasteiger partial charge in [0, 0.05) is 6.54 Å². The third-order valence-electron chi connectivity index (χ3n) is 4.21. The van der Waals surface area contributed by atoms with Gasteiger partial charge in [-0.2, -0.15) is 0 Å². The van der Waals surface area contributed by atoms with E-state index in [4.69, 9.17) is 0 Å². The zero-order valence-corrected chi connectivity index (χ0v) is 15.4. The number of carbonyl (C=O) groups excluding carboxylic acids is 1. The first kappa shape index (κ1) is 18.5. The molecule has 0 aliphatic heterocycles. The molecule has 6 heteroatoms. The molecule has 1 aliphatic rings. The van der Waals surface area contributed by atoms with Crippen LogP contribution in [0, 0.1) is 13.8 Å². The summed E-state index contributed by atoms with van der Waals surface area (Å²) in [5.74, 6) is -0.285. The molecular weight excluding hydrogens is 324 g/mol. The topological polar surface area (TPSA) is 66.5 Å². The van der Waals surface area contributed by atoms with Gasteiger partial charge in [0.25, 0.3) is 0 Å². The minimum Gasteiger partial charge on any atom is -0.351 e. The Morgan fingerprint density at radius 3 is 2.58 bits per heavy atom. The normalized spacial score (nSPS) is 14.9. The van der Waals surface area contributed by atoms with Crippen LogP contribution >= 0.6 is 0 Å². The Kier molecular flexibility index (Phi) is 6.04. The Bertz CT molecular complexity index is 739. The minimum atomic E-state index is -3.53. The van der Waals surface area contributed by atoms with Crippen molar-refractivity contribution in [2.45, 2.75) is 39.5 Å². The Labute approximate surface area is 144 Å². The van der Waals surface area contributed by atoms with Crippen LogP contribution < -0.4 is 9.62 Å². The van der Waals surface area contributed by atoms with Crippen molar-refractivity contribution in [2.24, 2.45) is 0 Å². The van der Waals surface area contributed by atoms with Gasteiger partial charge in [-0.15, -0.1) is 0 Å². The molecule has 1 aliphatic carbocycles. The van der Waals surface area contributed by atoms with Gasteiger partial charge >= 0.3 is 0 Å². The summed E-state index contributed by atoms with van der Waals surface area (Å²) >= 11 is 0. The molecule has 0 fully saturated rings. The van der Waals surface area contributed by atoms with Gasteiger partial charge in [0.1, 0.15) is 6.54 Å². The highest BCUT2D eigenvalue weighted by Crippen LogP contribution is 2.23. The van der Waals surface area contributed by atoms with E-state index in [1.165, 1.54) is 16.3 Å². The number of benzene rings is 1. The standard InChI is InChI=1S/C18H26N2O3S/c1-14-9-10-17(15(2)11-14)20(24(3,22)23)13-18(21)19-12-16-7-5-4-6-8-16/h7,9-11H,4-6,8,12-13H2,1-3H3,(H,19,21). The van der Waals surface area contributed by atoms with Crippen LogP contribution in [0.4, 0.5) is 5.69 Å². The second kappa shape index (κ2) is 7.83. The quantitative estimate of drug-likeness (QED) is 0.802. The monoisotopic (exact) mass is 350 g/mol. The van der Waals surface area contributed by atoms with Crippen molar-refractivity contribution in [3.63, 3.8) is 0 Å². The highest BCUT2D eigenvalue weighted by Gasteiger charge is 2.22. The van der Waals surface area contributed by atoms with Crippen LogP contribution in [0.15, 0.2) is 29.8 Å². The zero-order valence-electron chi connectivity index (χ0n) is 14.6. The summed E-state index contributed by atoms with van der Waals surface area (Å²) in [7, 11) is -3.53. The first-order chi connectivity index (χ1) is 11.3. The molecule has 1 aromatic carbocycles. The summed E-state index contributed by atoms with van der Waals surface area (Å²) in [6, 6.07) is 5.52. The first-order valence-electron chi connectivity index (χ1n) is 8.27. The number of nitrogens with zero attached hydrogens (tertiary/aromatic N) is 1. The number of allylic oxidation sites excluding steroid dienone is 1. The summed E-state index contributed by atoms with van der Waals surface area (Å²) in [4.78, 5) is 12.2. The maximum Gasteiger partial charge on any atom is 0.241 e. The van der Waals surface area contributed by atoms with Crippen molar-refractivity contribution >= 4 is 21.6 Å². The Balaban J connectivity index is 2.09. The molecule has 2 rings (SSSR count). The van der Waals surface area contributed by atoms with Gasteiger partial charge in [-0.3, -0.25) is 9.10 Å². The van der Waals surface area contributed by atoms with Crippen molar-refractivity contribution < 1.29 is 13.2 Å². The lowest BCUT2D eigenvalue weighted by molar-refractivity contribution is -0.119. The number of aryl methyl sites for hydroxylation is 2. The molecule has 24 heavy (non-hydrogen) atoms. The van der Waals surface area contributed by atoms with E-state index < -0.39 is 10.0 Å². The Morgan fingerprint density at radius 2 is 2.00 bits per heavy atom. The van der Waals surface area contributed by atoms with E-state index in [-0.39, 0.29) is 12.5 Å². The highest BCUT2D eigenvalue weighted by atomic mass is 32.2. The summed E-state index contributed by atoms with van der Waals surface area (Å²) in [5.41, 5.74) is 3.67. The number of carbonyl (C=O) groups is 1. The molecule has 0 heterocycles. The molecule has 1 aromatic rings. The molecule has 0 bridgehead atoms. The van der Waals surface area contributed by atoms with E-state index >= 15 is 0 Å². The Morgan fingerprint density at radius 1 is 1.25 bits per heavy atom. The van der Waals surface area contributed by atoms with Crippen LogP contribution in [0.5, 0.6) is 0 Å². The molecule has 1 N–H and O–H groups in total. The number of hydrogen-bond donors (Lipinski definition) is 1. The zero-order chi connectivity index (χ0) is 17.7. The second-order valence-electron chi connectivity index (χ2n) is 6.44. The maximum atomic E-state index is 12.2. The highest BCUT2D eigenvalue weighted by molar-refractivity contribution is 7.92. The number of anilines is 1. The fourth-order valence-electron chi connectivity index (χ4n) is 2.93. The molecule has 0 spiro atoms. The summed E-state index contributed by atoms with van der Waals surface area (Å²) < 4.78 is 25.5. The Hall–Kier alpha value is -1.82. The SMILES string of the molecule is Cc1ccc(N(CC(=O)NCC2=CCCCC2)S(C)(=O)=O)c(C)c1. The number of nitrogens with one attached hydrogen (secondary N) is 1. The fraction of sp³-hybridized carbons (Fsp3) is 0.500. The van der Waals surface area contributed by atoms with Crippen LogP contribution in [-0.2, 0) is 14.8 Å². The van der Waals surface area contributed by atoms with Crippen LogP contribution in [0.3, 0.4) is 0 Å². The molecule has 132 valence electrons. The third-order valence-corrected chi connectivity index (χ3v) is 5.33. The summed E-state index contributed by atoms with van der Waals surface area (Å²) in [6.45, 7) is 4.11. The molecule has 5 nitrogen and oxygen atoms in total. The molecule has 0 atom stereocenters. The van der Waals surface area contributed by atoms with Crippen LogP contribution in [0.2, 0.25) is 0 Å². The average molecular weight is 350 g/mol. The lowest BCUT2D eigenvalue weighted by atomic mass is 10.00. The maximum absolute atomic E-state index is 12.2. The molecule has 0 saturated heterocycles. The van der Waals surface area contributed by atoms with Crippen molar-refractivity contribution in [3.05, 3.63) is 41.0 Å². The third kappa shape index (κ3) is 5.09. The van der Waals surface area contributed by atoms with Crippen LogP contribution in [-0.4, -0.2) is 33.7 Å². The van der Waals surface area contributed by atoms with Gasteiger partial charge in [0.2, 0.25) is 15.9 Å². The summed E-state index contributed by atoms with van der Waals surface area (Å²) in [6.07, 6.45) is 7.72. The number of hydrogen-bond acceptors (Lipinski definition) is 3. The van der Waals surface area contributed by atoms with Gasteiger partial charge < -0.3 is 5.32 Å². The van der Waals surface area contributed by atoms with Crippen molar-refractivity contribution in [1.29, 1.82) is 0 Å². The van der Waals surface area contributed by atoms with Crippen LogP contribution in [0.1, 0.15) is 36.8 Å². The minimum absolute atomic E-state index is 0.198. The lowest BCUT2D eigenvalue weighted by Crippen LogP contribution is -2.41. The molecule has 0 aromatic heterocycles. The van der Waals surface area contributed by atoms with Crippen molar-refractivity contribution in [1.82, 2.24) is 5.32 Å². The molecular formula is C18H26N2O3S. The predicted octanol–water partition coefficient (Wildman–Crippen LogP) is 2.69. The first-order valence-corrected chi connectivity index (χ1v) is 10.1. The molecule has 0 radical (unpaired) electrons. The van der Waals surface area contributed by atoms with Crippen LogP contribution in [0.25, 0.3) is 0 Å².